The van der Waals surface area contributed by atoms with Gasteiger partial charge in [-0.2, -0.15) is 0 Å². The molecule has 4 nitrogen and oxygen atoms in total. The van der Waals surface area contributed by atoms with Gasteiger partial charge in [0.05, 0.1) is 0 Å². The summed E-state index contributed by atoms with van der Waals surface area (Å²) in [5.41, 5.74) is 0. The fourth-order valence-electron chi connectivity index (χ4n) is 3.83. The number of nitrogens with zero attached hydrogens (tertiary/aromatic N) is 2. The van der Waals surface area contributed by atoms with E-state index in [4.69, 9.17) is 0 Å². The van der Waals surface area contributed by atoms with Crippen molar-refractivity contribution in [3.8, 4) is 0 Å². The number of rotatable bonds is 5. The van der Waals surface area contributed by atoms with Gasteiger partial charge in [-0.3, -0.25) is 4.99 Å². The van der Waals surface area contributed by atoms with Crippen LogP contribution in [0, 0.1) is 5.92 Å². The van der Waals surface area contributed by atoms with Crippen LogP contribution in [0.5, 0.6) is 0 Å². The van der Waals surface area contributed by atoms with Crippen LogP contribution >= 0.6 is 24.0 Å². The summed E-state index contributed by atoms with van der Waals surface area (Å²) < 4.78 is 0. The van der Waals surface area contributed by atoms with E-state index in [-0.39, 0.29) is 24.0 Å². The third kappa shape index (κ3) is 6.60. The van der Waals surface area contributed by atoms with Crippen LogP contribution < -0.4 is 10.6 Å². The summed E-state index contributed by atoms with van der Waals surface area (Å²) in [7, 11) is 4.14. The van der Waals surface area contributed by atoms with Crippen molar-refractivity contribution < 1.29 is 0 Å². The molecule has 0 heterocycles. The van der Waals surface area contributed by atoms with Crippen molar-refractivity contribution in [2.24, 2.45) is 10.9 Å². The molecule has 2 aliphatic carbocycles. The lowest BCUT2D eigenvalue weighted by atomic mass is 9.87. The standard InChI is InChI=1S/C17H34N4.HI/c1-14-7-6-8-15(13-14)20-17(18-2)19-11-12-21(3)16-9-4-5-10-16;/h14-16H,4-13H2,1-3H3,(H2,18,19,20);1H. The van der Waals surface area contributed by atoms with E-state index >= 15 is 0 Å². The lowest BCUT2D eigenvalue weighted by molar-refractivity contribution is 0.249. The van der Waals surface area contributed by atoms with E-state index in [0.717, 1.165) is 31.0 Å². The first kappa shape index (κ1) is 20.0. The predicted octanol–water partition coefficient (Wildman–Crippen LogP) is 3.22. The van der Waals surface area contributed by atoms with E-state index in [0.29, 0.717) is 6.04 Å². The number of halogens is 1. The van der Waals surface area contributed by atoms with Crippen LogP contribution in [0.25, 0.3) is 0 Å². The Balaban J connectivity index is 0.00000242. The first-order chi connectivity index (χ1) is 10.2. The normalized spacial score (nSPS) is 26.8. The minimum absolute atomic E-state index is 0. The van der Waals surface area contributed by atoms with Gasteiger partial charge in [0.2, 0.25) is 0 Å². The third-order valence-electron chi connectivity index (χ3n) is 5.21. The highest BCUT2D eigenvalue weighted by Gasteiger charge is 2.20. The fraction of sp³-hybridized carbons (Fsp3) is 0.941. The molecule has 2 aliphatic rings. The zero-order chi connectivity index (χ0) is 15.1. The van der Waals surface area contributed by atoms with Crippen LogP contribution in [-0.2, 0) is 0 Å². The zero-order valence-electron chi connectivity index (χ0n) is 14.6. The number of guanidine groups is 1. The fourth-order valence-corrected chi connectivity index (χ4v) is 3.83. The van der Waals surface area contributed by atoms with Crippen LogP contribution in [0.4, 0.5) is 0 Å². The van der Waals surface area contributed by atoms with Crippen molar-refractivity contribution in [3.05, 3.63) is 0 Å². The van der Waals surface area contributed by atoms with E-state index in [9.17, 15) is 0 Å². The Morgan fingerprint density at radius 2 is 1.86 bits per heavy atom. The molecule has 0 amide bonds. The molecule has 22 heavy (non-hydrogen) atoms. The number of likely N-dealkylation sites (N-methyl/N-ethyl adjacent to an activating group) is 1. The van der Waals surface area contributed by atoms with Crippen molar-refractivity contribution in [3.63, 3.8) is 0 Å². The number of aliphatic imine (C=N–C) groups is 1. The summed E-state index contributed by atoms with van der Waals surface area (Å²) in [4.78, 5) is 6.89. The van der Waals surface area contributed by atoms with Crippen molar-refractivity contribution in [1.82, 2.24) is 15.5 Å². The quantitative estimate of drug-likeness (QED) is 0.406. The maximum Gasteiger partial charge on any atom is 0.191 e. The zero-order valence-corrected chi connectivity index (χ0v) is 16.9. The first-order valence-electron chi connectivity index (χ1n) is 8.86. The molecule has 0 aromatic carbocycles. The molecule has 0 radical (unpaired) electrons. The third-order valence-corrected chi connectivity index (χ3v) is 5.21. The Labute approximate surface area is 153 Å². The molecule has 2 rings (SSSR count). The summed E-state index contributed by atoms with van der Waals surface area (Å²) in [5.74, 6) is 1.83. The van der Waals surface area contributed by atoms with Gasteiger partial charge >= 0.3 is 0 Å². The smallest absolute Gasteiger partial charge is 0.191 e. The number of nitrogens with one attached hydrogen (secondary N) is 2. The van der Waals surface area contributed by atoms with Gasteiger partial charge in [0.15, 0.2) is 5.96 Å². The summed E-state index contributed by atoms with van der Waals surface area (Å²) in [6, 6.07) is 1.41. The van der Waals surface area contributed by atoms with Gasteiger partial charge in [-0.05, 0) is 38.6 Å². The van der Waals surface area contributed by atoms with E-state index in [1.165, 1.54) is 51.4 Å². The van der Waals surface area contributed by atoms with Gasteiger partial charge in [-0.15, -0.1) is 24.0 Å². The molecule has 0 aromatic rings. The minimum Gasteiger partial charge on any atom is -0.355 e. The maximum atomic E-state index is 4.38. The molecule has 0 saturated heterocycles. The largest absolute Gasteiger partial charge is 0.355 e. The van der Waals surface area contributed by atoms with Crippen LogP contribution in [0.3, 0.4) is 0 Å². The molecular formula is C17H35IN4. The van der Waals surface area contributed by atoms with E-state index < -0.39 is 0 Å². The average Bonchev–Trinajstić information content (AvgIpc) is 3.00. The summed E-state index contributed by atoms with van der Waals surface area (Å²) in [5, 5.41) is 7.08. The molecule has 2 N–H and O–H groups in total. The van der Waals surface area contributed by atoms with Crippen molar-refractivity contribution >= 4 is 29.9 Å². The number of hydrogen-bond donors (Lipinski definition) is 2. The Bertz CT molecular complexity index is 329. The average molecular weight is 422 g/mol. The predicted molar refractivity (Wildman–Crippen MR) is 106 cm³/mol. The lowest BCUT2D eigenvalue weighted by Gasteiger charge is -2.29. The van der Waals surface area contributed by atoms with Crippen LogP contribution in [0.2, 0.25) is 0 Å². The summed E-state index contributed by atoms with van der Waals surface area (Å²) in [6.45, 7) is 4.45. The van der Waals surface area contributed by atoms with Gasteiger partial charge < -0.3 is 15.5 Å². The molecule has 0 aliphatic heterocycles. The Hall–Kier alpha value is -0.0400. The molecule has 0 aromatic heterocycles. The molecule has 0 spiro atoms. The number of hydrogen-bond acceptors (Lipinski definition) is 2. The van der Waals surface area contributed by atoms with Crippen molar-refractivity contribution in [2.45, 2.75) is 70.4 Å². The van der Waals surface area contributed by atoms with Gasteiger partial charge in [-0.1, -0.05) is 32.6 Å². The molecule has 2 saturated carbocycles. The minimum atomic E-state index is 0. The van der Waals surface area contributed by atoms with Gasteiger partial charge in [-0.25, -0.2) is 0 Å². The molecule has 2 atom stereocenters. The molecule has 5 heteroatoms. The molecule has 2 fully saturated rings. The Kier molecular flexibility index (Phi) is 9.71. The van der Waals surface area contributed by atoms with E-state index in [1.807, 2.05) is 7.05 Å². The van der Waals surface area contributed by atoms with Gasteiger partial charge in [0.25, 0.3) is 0 Å². The monoisotopic (exact) mass is 422 g/mol. The second kappa shape index (κ2) is 10.7. The second-order valence-electron chi connectivity index (χ2n) is 7.03. The highest BCUT2D eigenvalue weighted by Crippen LogP contribution is 2.23. The van der Waals surface area contributed by atoms with E-state index in [1.54, 1.807) is 0 Å². The maximum absolute atomic E-state index is 4.38. The molecular weight excluding hydrogens is 387 g/mol. The highest BCUT2D eigenvalue weighted by molar-refractivity contribution is 14.0. The molecule has 0 bridgehead atoms. The van der Waals surface area contributed by atoms with Crippen LogP contribution in [-0.4, -0.2) is 50.1 Å². The summed E-state index contributed by atoms with van der Waals surface area (Å²) in [6.07, 6.45) is 10.9. The van der Waals surface area contributed by atoms with Crippen molar-refractivity contribution in [2.75, 3.05) is 27.2 Å². The second-order valence-corrected chi connectivity index (χ2v) is 7.03. The van der Waals surface area contributed by atoms with Crippen LogP contribution in [0.15, 0.2) is 4.99 Å². The SMILES string of the molecule is CN=C(NCCN(C)C1CCCC1)NC1CCCC(C)C1.I. The van der Waals surface area contributed by atoms with Gasteiger partial charge in [0.1, 0.15) is 0 Å². The molecule has 2 unspecified atom stereocenters. The Morgan fingerprint density at radius 1 is 1.14 bits per heavy atom. The van der Waals surface area contributed by atoms with Crippen molar-refractivity contribution in [1.29, 1.82) is 0 Å². The van der Waals surface area contributed by atoms with Crippen LogP contribution in [0.1, 0.15) is 58.3 Å². The lowest BCUT2D eigenvalue weighted by Crippen LogP contribution is -2.47. The Morgan fingerprint density at radius 3 is 2.50 bits per heavy atom. The first-order valence-corrected chi connectivity index (χ1v) is 8.86. The topological polar surface area (TPSA) is 39.7 Å². The highest BCUT2D eigenvalue weighted by atomic mass is 127. The van der Waals surface area contributed by atoms with Gasteiger partial charge in [0, 0.05) is 32.2 Å². The summed E-state index contributed by atoms with van der Waals surface area (Å²) >= 11 is 0. The van der Waals surface area contributed by atoms with E-state index in [2.05, 4.69) is 34.5 Å². The molecule has 130 valence electrons.